The van der Waals surface area contributed by atoms with E-state index in [1.807, 2.05) is 32.0 Å². The highest BCUT2D eigenvalue weighted by Gasteiger charge is 2.21. The number of nitrogens with one attached hydrogen (secondary N) is 1. The fourth-order valence-corrected chi connectivity index (χ4v) is 4.21. The number of benzene rings is 2. The molecule has 176 valence electrons. The molecule has 2 rings (SSSR count). The molecule has 2 aromatic carbocycles. The maximum atomic E-state index is 12.3. The average Bonchev–Trinajstić information content (AvgIpc) is 2.74. The third-order valence-electron chi connectivity index (χ3n) is 4.83. The van der Waals surface area contributed by atoms with Crippen molar-refractivity contribution in [1.29, 1.82) is 0 Å². The molecule has 8 nitrogen and oxygen atoms in total. The van der Waals surface area contributed by atoms with Crippen LogP contribution >= 0.6 is 0 Å². The lowest BCUT2D eigenvalue weighted by molar-refractivity contribution is -0.121. The van der Waals surface area contributed by atoms with E-state index in [4.69, 9.17) is 14.2 Å². The van der Waals surface area contributed by atoms with E-state index < -0.39 is 10.0 Å². The summed E-state index contributed by atoms with van der Waals surface area (Å²) in [6.45, 7) is 4.87. The molecule has 1 amide bonds. The van der Waals surface area contributed by atoms with Gasteiger partial charge in [0.25, 0.3) is 0 Å². The smallest absolute Gasteiger partial charge is 0.232 e. The summed E-state index contributed by atoms with van der Waals surface area (Å²) in [5, 5.41) is 2.80. The Hall–Kier alpha value is -2.94. The first-order chi connectivity index (χ1) is 15.2. The molecular formula is C23H32N2O6S. The van der Waals surface area contributed by atoms with Gasteiger partial charge >= 0.3 is 0 Å². The van der Waals surface area contributed by atoms with E-state index >= 15 is 0 Å². The maximum Gasteiger partial charge on any atom is 0.232 e. The molecule has 0 saturated carbocycles. The number of carbonyl (C=O) groups is 1. The molecule has 0 atom stereocenters. The standard InChI is InChI=1S/C23H32N2O6S/c1-17-8-11-21(18(2)15-17)31-14-12-24-23(26)7-6-13-25(32(5,27)28)20-10-9-19(29-3)16-22(20)30-4/h8-11,15-16H,6-7,12-14H2,1-5H3,(H,24,26). The van der Waals surface area contributed by atoms with Crippen LogP contribution < -0.4 is 23.8 Å². The Morgan fingerprint density at radius 2 is 1.78 bits per heavy atom. The van der Waals surface area contributed by atoms with Gasteiger partial charge in [-0.25, -0.2) is 8.42 Å². The number of ether oxygens (including phenoxy) is 3. The topological polar surface area (TPSA) is 94.2 Å². The number of sulfonamides is 1. The van der Waals surface area contributed by atoms with Gasteiger partial charge in [-0.1, -0.05) is 17.7 Å². The van der Waals surface area contributed by atoms with Gasteiger partial charge < -0.3 is 19.5 Å². The highest BCUT2D eigenvalue weighted by Crippen LogP contribution is 2.33. The highest BCUT2D eigenvalue weighted by atomic mass is 32.2. The van der Waals surface area contributed by atoms with Gasteiger partial charge in [-0.2, -0.15) is 0 Å². The minimum absolute atomic E-state index is 0.147. The molecule has 9 heteroatoms. The van der Waals surface area contributed by atoms with Crippen molar-refractivity contribution in [1.82, 2.24) is 5.32 Å². The van der Waals surface area contributed by atoms with Crippen molar-refractivity contribution in [2.45, 2.75) is 26.7 Å². The lowest BCUT2D eigenvalue weighted by Crippen LogP contribution is -2.33. The Morgan fingerprint density at radius 1 is 1.03 bits per heavy atom. The maximum absolute atomic E-state index is 12.3. The summed E-state index contributed by atoms with van der Waals surface area (Å²) in [5.41, 5.74) is 2.61. The van der Waals surface area contributed by atoms with Crippen LogP contribution in [0.15, 0.2) is 36.4 Å². The normalized spacial score (nSPS) is 11.0. The number of methoxy groups -OCH3 is 2. The molecule has 0 aromatic heterocycles. The lowest BCUT2D eigenvalue weighted by atomic mass is 10.1. The predicted molar refractivity (Wildman–Crippen MR) is 125 cm³/mol. The van der Waals surface area contributed by atoms with Gasteiger partial charge in [-0.3, -0.25) is 9.10 Å². The first-order valence-electron chi connectivity index (χ1n) is 10.3. The number of hydrogen-bond acceptors (Lipinski definition) is 6. The number of aryl methyl sites for hydroxylation is 2. The summed E-state index contributed by atoms with van der Waals surface area (Å²) in [6, 6.07) is 10.9. The van der Waals surface area contributed by atoms with Gasteiger partial charge in [0.1, 0.15) is 23.9 Å². The Morgan fingerprint density at radius 3 is 2.41 bits per heavy atom. The molecular weight excluding hydrogens is 432 g/mol. The van der Waals surface area contributed by atoms with Crippen molar-refractivity contribution in [3.63, 3.8) is 0 Å². The number of rotatable bonds is 12. The van der Waals surface area contributed by atoms with E-state index in [1.165, 1.54) is 24.1 Å². The number of hydrogen-bond donors (Lipinski definition) is 1. The molecule has 0 bridgehead atoms. The second-order valence-corrected chi connectivity index (χ2v) is 9.35. The summed E-state index contributed by atoms with van der Waals surface area (Å²) >= 11 is 0. The fraction of sp³-hybridized carbons (Fsp3) is 0.435. The van der Waals surface area contributed by atoms with Crippen LogP contribution in [0.2, 0.25) is 0 Å². The second kappa shape index (κ2) is 11.6. The Bertz CT molecular complexity index is 1020. The first kappa shape index (κ1) is 25.3. The van der Waals surface area contributed by atoms with E-state index in [0.717, 1.165) is 17.6 Å². The van der Waals surface area contributed by atoms with Crippen LogP contribution in [-0.2, 0) is 14.8 Å². The Labute approximate surface area is 190 Å². The van der Waals surface area contributed by atoms with Crippen LogP contribution in [0.3, 0.4) is 0 Å². The molecule has 1 N–H and O–H groups in total. The van der Waals surface area contributed by atoms with Crippen LogP contribution in [0.4, 0.5) is 5.69 Å². The Balaban J connectivity index is 1.86. The zero-order valence-electron chi connectivity index (χ0n) is 19.3. The SMILES string of the molecule is COc1ccc(N(CCCC(=O)NCCOc2ccc(C)cc2C)S(C)(=O)=O)c(OC)c1. The van der Waals surface area contributed by atoms with E-state index in [9.17, 15) is 13.2 Å². The van der Waals surface area contributed by atoms with Crippen LogP contribution in [-0.4, -0.2) is 54.5 Å². The number of amides is 1. The molecule has 0 radical (unpaired) electrons. The van der Waals surface area contributed by atoms with Gasteiger partial charge in [0.15, 0.2) is 0 Å². The van der Waals surface area contributed by atoms with Crippen LogP contribution in [0.5, 0.6) is 17.2 Å². The van der Waals surface area contributed by atoms with E-state index in [1.54, 1.807) is 18.2 Å². The van der Waals surface area contributed by atoms with E-state index in [2.05, 4.69) is 5.32 Å². The summed E-state index contributed by atoms with van der Waals surface area (Å²) in [5.74, 6) is 1.57. The minimum atomic E-state index is -3.57. The summed E-state index contributed by atoms with van der Waals surface area (Å²) in [4.78, 5) is 12.2. The van der Waals surface area contributed by atoms with Gasteiger partial charge in [0.05, 0.1) is 32.7 Å². The number of carbonyl (C=O) groups excluding carboxylic acids is 1. The fourth-order valence-electron chi connectivity index (χ4n) is 3.24. The molecule has 0 unspecified atom stereocenters. The van der Waals surface area contributed by atoms with Crippen LogP contribution in [0, 0.1) is 13.8 Å². The van der Waals surface area contributed by atoms with Crippen LogP contribution in [0.1, 0.15) is 24.0 Å². The van der Waals surface area contributed by atoms with Crippen molar-refractivity contribution in [2.75, 3.05) is 44.5 Å². The molecule has 0 aliphatic rings. The molecule has 0 saturated heterocycles. The predicted octanol–water partition coefficient (Wildman–Crippen LogP) is 3.06. The number of nitrogens with zero attached hydrogens (tertiary/aromatic N) is 1. The Kier molecular flexibility index (Phi) is 9.19. The molecule has 2 aromatic rings. The van der Waals surface area contributed by atoms with Crippen molar-refractivity contribution >= 4 is 21.6 Å². The summed E-state index contributed by atoms with van der Waals surface area (Å²) < 4.78 is 42.1. The lowest BCUT2D eigenvalue weighted by Gasteiger charge is -2.24. The van der Waals surface area contributed by atoms with E-state index in [-0.39, 0.29) is 18.9 Å². The van der Waals surface area contributed by atoms with Crippen LogP contribution in [0.25, 0.3) is 0 Å². The number of anilines is 1. The molecule has 0 spiro atoms. The van der Waals surface area contributed by atoms with Crippen molar-refractivity contribution in [2.24, 2.45) is 0 Å². The minimum Gasteiger partial charge on any atom is -0.497 e. The third kappa shape index (κ3) is 7.33. The first-order valence-corrected chi connectivity index (χ1v) is 12.2. The quantitative estimate of drug-likeness (QED) is 0.485. The second-order valence-electron chi connectivity index (χ2n) is 7.44. The highest BCUT2D eigenvalue weighted by molar-refractivity contribution is 7.92. The van der Waals surface area contributed by atoms with Gasteiger partial charge in [0.2, 0.25) is 15.9 Å². The third-order valence-corrected chi connectivity index (χ3v) is 6.01. The van der Waals surface area contributed by atoms with Crippen molar-refractivity contribution in [3.8, 4) is 17.2 Å². The molecule has 32 heavy (non-hydrogen) atoms. The van der Waals surface area contributed by atoms with E-state index in [0.29, 0.717) is 36.8 Å². The molecule has 0 heterocycles. The van der Waals surface area contributed by atoms with Gasteiger partial charge in [0, 0.05) is 19.0 Å². The monoisotopic (exact) mass is 464 g/mol. The van der Waals surface area contributed by atoms with Crippen molar-refractivity contribution in [3.05, 3.63) is 47.5 Å². The summed E-state index contributed by atoms with van der Waals surface area (Å²) in [7, 11) is -0.579. The zero-order chi connectivity index (χ0) is 23.7. The summed E-state index contributed by atoms with van der Waals surface area (Å²) in [6.07, 6.45) is 1.67. The molecule has 0 aliphatic carbocycles. The van der Waals surface area contributed by atoms with Gasteiger partial charge in [-0.15, -0.1) is 0 Å². The average molecular weight is 465 g/mol. The molecule has 0 aliphatic heterocycles. The largest absolute Gasteiger partial charge is 0.497 e. The molecule has 0 fully saturated rings. The zero-order valence-corrected chi connectivity index (χ0v) is 20.1. The van der Waals surface area contributed by atoms with Crippen molar-refractivity contribution < 1.29 is 27.4 Å². The van der Waals surface area contributed by atoms with Gasteiger partial charge in [-0.05, 0) is 44.0 Å².